The molecule has 1 saturated carbocycles. The lowest BCUT2D eigenvalue weighted by Crippen LogP contribution is -2.30. The number of halogens is 1. The van der Waals surface area contributed by atoms with Gasteiger partial charge in [0.05, 0.1) is 21.5 Å². The highest BCUT2D eigenvalue weighted by molar-refractivity contribution is 9.10. The van der Waals surface area contributed by atoms with Gasteiger partial charge in [-0.3, -0.25) is 4.68 Å². The van der Waals surface area contributed by atoms with Gasteiger partial charge in [0.15, 0.2) is 0 Å². The van der Waals surface area contributed by atoms with Crippen molar-refractivity contribution in [3.8, 4) is 0 Å². The second kappa shape index (κ2) is 5.21. The average Bonchev–Trinajstić information content (AvgIpc) is 2.78. The molecule has 1 aliphatic carbocycles. The van der Waals surface area contributed by atoms with Crippen molar-refractivity contribution in [3.63, 3.8) is 0 Å². The van der Waals surface area contributed by atoms with Crippen LogP contribution in [0.15, 0.2) is 4.47 Å². The molecule has 0 radical (unpaired) electrons. The van der Waals surface area contributed by atoms with Crippen LogP contribution < -0.4 is 0 Å². The molecule has 3 nitrogen and oxygen atoms in total. The summed E-state index contributed by atoms with van der Waals surface area (Å²) in [5.41, 5.74) is 1.94. The molecule has 1 aromatic heterocycles. The first-order chi connectivity index (χ1) is 8.80. The highest BCUT2D eigenvalue weighted by Crippen LogP contribution is 2.45. The summed E-state index contributed by atoms with van der Waals surface area (Å²) in [5, 5.41) is 15.5. The minimum absolute atomic E-state index is 0.256. The van der Waals surface area contributed by atoms with Gasteiger partial charge in [-0.15, -0.1) is 0 Å². The predicted octanol–water partition coefficient (Wildman–Crippen LogP) is 3.71. The molecule has 1 atom stereocenters. The van der Waals surface area contributed by atoms with E-state index < -0.39 is 5.60 Å². The Bertz CT molecular complexity index is 467. The van der Waals surface area contributed by atoms with Gasteiger partial charge < -0.3 is 5.11 Å². The van der Waals surface area contributed by atoms with Gasteiger partial charge in [0.2, 0.25) is 0 Å². The van der Waals surface area contributed by atoms with Crippen LogP contribution in [0.4, 0.5) is 0 Å². The molecule has 108 valence electrons. The first kappa shape index (κ1) is 15.0. The number of hydrogen-bond acceptors (Lipinski definition) is 2. The molecular weight excluding hydrogens is 304 g/mol. The number of nitrogens with zero attached hydrogens (tertiary/aromatic N) is 2. The van der Waals surface area contributed by atoms with Crippen LogP contribution in [-0.2, 0) is 19.4 Å². The molecule has 1 aliphatic rings. The Morgan fingerprint density at radius 2 is 2.00 bits per heavy atom. The number of rotatable bonds is 4. The smallest absolute Gasteiger partial charge is 0.0766 e. The monoisotopic (exact) mass is 328 g/mol. The van der Waals surface area contributed by atoms with Crippen LogP contribution in [0.3, 0.4) is 0 Å². The summed E-state index contributed by atoms with van der Waals surface area (Å²) in [6.07, 6.45) is 4.50. The molecular formula is C15H25BrN2O. The zero-order valence-electron chi connectivity index (χ0n) is 12.5. The third kappa shape index (κ3) is 3.05. The maximum atomic E-state index is 10.8. The van der Waals surface area contributed by atoms with Crippen LogP contribution in [0.25, 0.3) is 0 Å². The minimum Gasteiger partial charge on any atom is -0.389 e. The number of hydrogen-bond donors (Lipinski definition) is 1. The molecule has 0 aliphatic heterocycles. The van der Waals surface area contributed by atoms with E-state index in [1.165, 1.54) is 0 Å². The molecule has 4 heteroatoms. The lowest BCUT2D eigenvalue weighted by molar-refractivity contribution is 0.0357. The van der Waals surface area contributed by atoms with Crippen LogP contribution in [-0.4, -0.2) is 20.5 Å². The fourth-order valence-corrected chi connectivity index (χ4v) is 3.99. The number of aryl methyl sites for hydroxylation is 2. The SMILES string of the molecule is CCc1nn(CC)c(CC2(O)CCC(C)(C)C2)c1Br. The maximum Gasteiger partial charge on any atom is 0.0766 e. The Kier molecular flexibility index (Phi) is 4.12. The summed E-state index contributed by atoms with van der Waals surface area (Å²) < 4.78 is 3.13. The first-order valence-electron chi connectivity index (χ1n) is 7.27. The largest absolute Gasteiger partial charge is 0.389 e. The van der Waals surface area contributed by atoms with Gasteiger partial charge in [-0.05, 0) is 54.0 Å². The Labute approximate surface area is 124 Å². The van der Waals surface area contributed by atoms with Gasteiger partial charge in [-0.2, -0.15) is 5.10 Å². The fourth-order valence-electron chi connectivity index (χ4n) is 3.29. The molecule has 1 N–H and O–H groups in total. The van der Waals surface area contributed by atoms with E-state index in [9.17, 15) is 5.11 Å². The van der Waals surface area contributed by atoms with Crippen LogP contribution >= 0.6 is 15.9 Å². The zero-order valence-corrected chi connectivity index (χ0v) is 14.0. The van der Waals surface area contributed by atoms with Gasteiger partial charge in [0.1, 0.15) is 0 Å². The van der Waals surface area contributed by atoms with E-state index in [1.807, 2.05) is 4.68 Å². The predicted molar refractivity (Wildman–Crippen MR) is 81.3 cm³/mol. The second-order valence-corrected chi connectivity index (χ2v) is 7.41. The molecule has 1 fully saturated rings. The summed E-state index contributed by atoms with van der Waals surface area (Å²) in [4.78, 5) is 0. The van der Waals surface area contributed by atoms with E-state index in [-0.39, 0.29) is 5.41 Å². The van der Waals surface area contributed by atoms with Crippen molar-refractivity contribution in [1.29, 1.82) is 0 Å². The topological polar surface area (TPSA) is 38.0 Å². The van der Waals surface area contributed by atoms with Crippen LogP contribution in [0.1, 0.15) is 58.3 Å². The van der Waals surface area contributed by atoms with Crippen LogP contribution in [0.2, 0.25) is 0 Å². The number of aromatic nitrogens is 2. The third-order valence-corrected chi connectivity index (χ3v) is 5.18. The van der Waals surface area contributed by atoms with Gasteiger partial charge >= 0.3 is 0 Å². The summed E-state index contributed by atoms with van der Waals surface area (Å²) >= 11 is 3.67. The lowest BCUT2D eigenvalue weighted by Gasteiger charge is -2.25. The summed E-state index contributed by atoms with van der Waals surface area (Å²) in [7, 11) is 0. The molecule has 0 saturated heterocycles. The van der Waals surface area contributed by atoms with Gasteiger partial charge in [0, 0.05) is 13.0 Å². The Morgan fingerprint density at radius 1 is 1.32 bits per heavy atom. The van der Waals surface area contributed by atoms with E-state index >= 15 is 0 Å². The van der Waals surface area contributed by atoms with Gasteiger partial charge in [-0.1, -0.05) is 20.8 Å². The summed E-state index contributed by atoms with van der Waals surface area (Å²) in [6, 6.07) is 0. The van der Waals surface area contributed by atoms with Crippen molar-refractivity contribution in [2.45, 2.75) is 71.9 Å². The van der Waals surface area contributed by atoms with E-state index in [2.05, 4.69) is 48.7 Å². The van der Waals surface area contributed by atoms with E-state index in [4.69, 9.17) is 0 Å². The third-order valence-electron chi connectivity index (χ3n) is 4.27. The van der Waals surface area contributed by atoms with Crippen molar-refractivity contribution in [1.82, 2.24) is 9.78 Å². The van der Waals surface area contributed by atoms with Gasteiger partial charge in [0.25, 0.3) is 0 Å². The molecule has 1 heterocycles. The Balaban J connectivity index is 2.26. The number of aliphatic hydroxyl groups is 1. The summed E-state index contributed by atoms with van der Waals surface area (Å²) in [6.45, 7) is 9.56. The molecule has 19 heavy (non-hydrogen) atoms. The zero-order chi connectivity index (χ0) is 14.3. The summed E-state index contributed by atoms with van der Waals surface area (Å²) in [5.74, 6) is 0. The van der Waals surface area contributed by atoms with Crippen LogP contribution in [0.5, 0.6) is 0 Å². The van der Waals surface area contributed by atoms with E-state index in [1.54, 1.807) is 0 Å². The molecule has 0 spiro atoms. The van der Waals surface area contributed by atoms with E-state index in [0.29, 0.717) is 6.42 Å². The molecule has 0 aromatic carbocycles. The first-order valence-corrected chi connectivity index (χ1v) is 8.06. The minimum atomic E-state index is -0.565. The van der Waals surface area contributed by atoms with Crippen molar-refractivity contribution in [3.05, 3.63) is 15.9 Å². The molecule has 1 unspecified atom stereocenters. The van der Waals surface area contributed by atoms with Crippen molar-refractivity contribution in [2.24, 2.45) is 5.41 Å². The molecule has 1 aromatic rings. The van der Waals surface area contributed by atoms with Crippen LogP contribution in [0, 0.1) is 5.41 Å². The lowest BCUT2D eigenvalue weighted by atomic mass is 9.87. The Morgan fingerprint density at radius 3 is 2.47 bits per heavy atom. The second-order valence-electron chi connectivity index (χ2n) is 6.62. The average molecular weight is 329 g/mol. The highest BCUT2D eigenvalue weighted by atomic mass is 79.9. The molecule has 2 rings (SSSR count). The van der Waals surface area contributed by atoms with E-state index in [0.717, 1.165) is 48.1 Å². The Hall–Kier alpha value is -0.350. The quantitative estimate of drug-likeness (QED) is 0.914. The van der Waals surface area contributed by atoms with Gasteiger partial charge in [-0.25, -0.2) is 0 Å². The van der Waals surface area contributed by atoms with Crippen molar-refractivity contribution >= 4 is 15.9 Å². The van der Waals surface area contributed by atoms with Crippen molar-refractivity contribution < 1.29 is 5.11 Å². The fraction of sp³-hybridized carbons (Fsp3) is 0.800. The molecule has 0 bridgehead atoms. The standard InChI is InChI=1S/C15H25BrN2O/c1-5-11-13(16)12(18(6-2)17-11)9-15(19)8-7-14(3,4)10-15/h19H,5-10H2,1-4H3. The molecule has 0 amide bonds. The highest BCUT2D eigenvalue weighted by Gasteiger charge is 2.42. The van der Waals surface area contributed by atoms with Crippen molar-refractivity contribution in [2.75, 3.05) is 0 Å². The maximum absolute atomic E-state index is 10.8. The normalized spacial score (nSPS) is 26.0.